The summed E-state index contributed by atoms with van der Waals surface area (Å²) in [5.41, 5.74) is 1.92. The molecular weight excluding hydrogens is 357 g/mol. The smallest absolute Gasteiger partial charge is 0.556 e. The van der Waals surface area contributed by atoms with E-state index in [1.54, 1.807) is 0 Å². The van der Waals surface area contributed by atoms with Crippen LogP contribution in [0.2, 0.25) is 0 Å². The topological polar surface area (TPSA) is 76.1 Å². The number of rotatable bonds is 4. The van der Waals surface area contributed by atoms with Crippen LogP contribution in [0.25, 0.3) is 0 Å². The first-order valence-electron chi connectivity index (χ1n) is 9.71. The van der Waals surface area contributed by atoms with Crippen LogP contribution < -0.4 is 0 Å². The van der Waals surface area contributed by atoms with Crippen LogP contribution in [-0.4, -0.2) is 47.0 Å². The molecule has 3 heterocycles. The summed E-state index contributed by atoms with van der Waals surface area (Å²) in [6.45, 7) is -0.443. The van der Waals surface area contributed by atoms with Crippen molar-refractivity contribution in [2.75, 3.05) is 13.1 Å². The molecule has 1 N–H and O–H groups in total. The molecule has 0 saturated carbocycles. The highest BCUT2D eigenvalue weighted by Crippen LogP contribution is 2.53. The van der Waals surface area contributed by atoms with Crippen LogP contribution in [0.1, 0.15) is 30.2 Å². The van der Waals surface area contributed by atoms with Gasteiger partial charge in [-0.2, -0.15) is 0 Å². The minimum Gasteiger partial charge on any atom is -0.613 e. The summed E-state index contributed by atoms with van der Waals surface area (Å²) in [6, 6.07) is 18.5. The van der Waals surface area contributed by atoms with Crippen LogP contribution in [-0.2, 0) is 19.0 Å². The van der Waals surface area contributed by atoms with Gasteiger partial charge in [0.25, 0.3) is 5.97 Å². The molecule has 2 aromatic rings. The lowest BCUT2D eigenvalue weighted by atomic mass is 9.58. The first-order valence-corrected chi connectivity index (χ1v) is 9.71. The fourth-order valence-electron chi connectivity index (χ4n) is 5.12. The number of nitrogens with zero attached hydrogens (tertiary/aromatic N) is 1. The van der Waals surface area contributed by atoms with Gasteiger partial charge >= 0.3 is 6.69 Å². The number of Topliss-reactive ketones (excluding diaryl/α,β-unsaturated/α-hetero) is 1. The molecule has 3 fully saturated rings. The van der Waals surface area contributed by atoms with Crippen LogP contribution in [0, 0.1) is 5.92 Å². The van der Waals surface area contributed by atoms with E-state index < -0.39 is 24.6 Å². The molecule has 144 valence electrons. The predicted molar refractivity (Wildman–Crippen MR) is 101 cm³/mol. The number of epoxide rings is 1. The maximum atomic E-state index is 12.6. The van der Waals surface area contributed by atoms with E-state index in [-0.39, 0.29) is 35.4 Å². The number of benzene rings is 2. The lowest BCUT2D eigenvalue weighted by Crippen LogP contribution is -2.76. The van der Waals surface area contributed by atoms with Crippen molar-refractivity contribution in [1.82, 2.24) is 0 Å². The second-order valence-electron chi connectivity index (χ2n) is 8.18. The summed E-state index contributed by atoms with van der Waals surface area (Å²) in [5, 5.41) is 11.8. The van der Waals surface area contributed by atoms with Crippen molar-refractivity contribution < 1.29 is 28.4 Å². The van der Waals surface area contributed by atoms with Crippen molar-refractivity contribution in [1.29, 1.82) is 0 Å². The number of hydrogen-bond acceptors (Lipinski definition) is 5. The molecule has 5 rings (SSSR count). The van der Waals surface area contributed by atoms with Crippen molar-refractivity contribution in [2.45, 2.75) is 25.1 Å². The number of quaternary nitrogens is 1. The summed E-state index contributed by atoms with van der Waals surface area (Å²) in [6.07, 6.45) is -0.343. The van der Waals surface area contributed by atoms with E-state index in [9.17, 15) is 14.6 Å². The third-order valence-corrected chi connectivity index (χ3v) is 6.81. The SMILES string of the molecule is CC(c1ccccc1)[N@+]12CC(=O)C(C1)C(=O)O[B-]2(O)C1OC1c1ccccc1. The standard InChI is InChI=1S/C21H22BNO5/c1-14(15-8-4-2-5-9-15)23-12-17(18(24)13-23)21(25)28-22(23,26)20-19(27-20)16-10-6-3-7-11-16/h2-11,14,17,19-20,26H,12-13H2,1H3/t14?,17?,19?,20?,22?,23-/m1/s1. The van der Waals surface area contributed by atoms with Crippen LogP contribution in [0.5, 0.6) is 0 Å². The number of carbonyl (C=O) groups is 2. The van der Waals surface area contributed by atoms with E-state index in [1.807, 2.05) is 67.6 Å². The zero-order valence-electron chi connectivity index (χ0n) is 15.6. The normalized spacial score (nSPS) is 37.4. The third-order valence-electron chi connectivity index (χ3n) is 6.81. The molecule has 6 nitrogen and oxygen atoms in total. The molecule has 3 saturated heterocycles. The summed E-state index contributed by atoms with van der Waals surface area (Å²) in [4.78, 5) is 25.1. The number of fused-ring (bicyclic) bond motifs is 2. The molecule has 0 amide bonds. The Morgan fingerprint density at radius 1 is 1.07 bits per heavy atom. The molecule has 0 aliphatic carbocycles. The summed E-state index contributed by atoms with van der Waals surface area (Å²) in [7, 11) is 0. The molecule has 7 heteroatoms. The van der Waals surface area contributed by atoms with Gasteiger partial charge < -0.3 is 18.8 Å². The van der Waals surface area contributed by atoms with E-state index in [1.165, 1.54) is 0 Å². The van der Waals surface area contributed by atoms with Crippen molar-refractivity contribution in [2.24, 2.45) is 5.92 Å². The maximum Gasteiger partial charge on any atom is 0.556 e. The number of carbonyl (C=O) groups excluding carboxylic acids is 2. The molecule has 0 aromatic heterocycles. The van der Waals surface area contributed by atoms with E-state index in [4.69, 9.17) is 9.39 Å². The van der Waals surface area contributed by atoms with Gasteiger partial charge in [-0.15, -0.1) is 0 Å². The lowest BCUT2D eigenvalue weighted by molar-refractivity contribution is -0.867. The Hall–Kier alpha value is -2.48. The number of hydrogen-bond donors (Lipinski definition) is 1. The fourth-order valence-corrected chi connectivity index (χ4v) is 5.12. The van der Waals surface area contributed by atoms with E-state index in [0.29, 0.717) is 0 Å². The van der Waals surface area contributed by atoms with Crippen LogP contribution in [0.4, 0.5) is 0 Å². The van der Waals surface area contributed by atoms with Crippen LogP contribution >= 0.6 is 0 Å². The molecule has 3 aliphatic rings. The first-order chi connectivity index (χ1) is 13.5. The molecule has 6 atom stereocenters. The molecule has 28 heavy (non-hydrogen) atoms. The zero-order valence-corrected chi connectivity index (χ0v) is 15.6. The quantitative estimate of drug-likeness (QED) is 0.499. The maximum absolute atomic E-state index is 12.6. The zero-order chi connectivity index (χ0) is 19.5. The van der Waals surface area contributed by atoms with Gasteiger partial charge in [0.05, 0.1) is 24.7 Å². The van der Waals surface area contributed by atoms with Gasteiger partial charge in [0, 0.05) is 5.56 Å². The summed E-state index contributed by atoms with van der Waals surface area (Å²) < 4.78 is 11.5. The van der Waals surface area contributed by atoms with Gasteiger partial charge in [-0.3, -0.25) is 9.59 Å². The van der Waals surface area contributed by atoms with Gasteiger partial charge in [0.1, 0.15) is 6.54 Å². The number of ether oxygens (including phenoxy) is 1. The fraction of sp³-hybridized carbons (Fsp3) is 0.333. The highest BCUT2D eigenvalue weighted by Gasteiger charge is 2.74. The average Bonchev–Trinajstić information content (AvgIpc) is 3.46. The molecule has 2 bridgehead atoms. The minimum atomic E-state index is -2.76. The Labute approximate surface area is 163 Å². The Balaban J connectivity index is 1.57. The molecule has 3 aliphatic heterocycles. The van der Waals surface area contributed by atoms with E-state index >= 15 is 0 Å². The minimum absolute atomic E-state index is 0.0211. The molecule has 2 aromatic carbocycles. The summed E-state index contributed by atoms with van der Waals surface area (Å²) in [5.74, 6) is -1.59. The second-order valence-corrected chi connectivity index (χ2v) is 8.18. The van der Waals surface area contributed by atoms with E-state index in [2.05, 4.69) is 0 Å². The second kappa shape index (κ2) is 6.01. The van der Waals surface area contributed by atoms with Gasteiger partial charge in [-0.05, 0) is 12.5 Å². The van der Waals surface area contributed by atoms with Gasteiger partial charge in [-0.25, -0.2) is 0 Å². The third kappa shape index (κ3) is 2.33. The predicted octanol–water partition coefficient (Wildman–Crippen LogP) is 1.93. The molecule has 0 spiro atoms. The lowest BCUT2D eigenvalue weighted by Gasteiger charge is -2.57. The number of ketones is 1. The van der Waals surface area contributed by atoms with Crippen molar-refractivity contribution in [3.05, 3.63) is 71.8 Å². The van der Waals surface area contributed by atoms with Gasteiger partial charge in [0.2, 0.25) is 5.78 Å². The average molecular weight is 379 g/mol. The molecule has 5 unspecified atom stereocenters. The van der Waals surface area contributed by atoms with Crippen molar-refractivity contribution in [3.8, 4) is 0 Å². The van der Waals surface area contributed by atoms with Gasteiger partial charge in [0.15, 0.2) is 5.92 Å². The molecular formula is C21H22BNO5. The summed E-state index contributed by atoms with van der Waals surface area (Å²) >= 11 is 0. The first kappa shape index (κ1) is 17.6. The van der Waals surface area contributed by atoms with Crippen LogP contribution in [0.15, 0.2) is 60.7 Å². The van der Waals surface area contributed by atoms with Crippen LogP contribution in [0.3, 0.4) is 0 Å². The Morgan fingerprint density at radius 3 is 2.39 bits per heavy atom. The van der Waals surface area contributed by atoms with Crippen molar-refractivity contribution in [3.63, 3.8) is 0 Å². The largest absolute Gasteiger partial charge is 0.613 e. The van der Waals surface area contributed by atoms with Crippen molar-refractivity contribution >= 4 is 18.4 Å². The molecule has 0 radical (unpaired) electrons. The Morgan fingerprint density at radius 2 is 1.71 bits per heavy atom. The Kier molecular flexibility index (Phi) is 3.78. The van der Waals surface area contributed by atoms with Gasteiger partial charge in [-0.1, -0.05) is 60.7 Å². The highest BCUT2D eigenvalue weighted by molar-refractivity contribution is 6.64. The monoisotopic (exact) mass is 379 g/mol. The van der Waals surface area contributed by atoms with E-state index in [0.717, 1.165) is 11.1 Å². The highest BCUT2D eigenvalue weighted by atomic mass is 16.7. The Bertz CT molecular complexity index is 938.